The van der Waals surface area contributed by atoms with Crippen LogP contribution in [0.1, 0.15) is 62.0 Å². The molecule has 11 heteroatoms. The number of imide groups is 1. The van der Waals surface area contributed by atoms with Gasteiger partial charge in [-0.15, -0.1) is 0 Å². The second kappa shape index (κ2) is 9.30. The Morgan fingerprint density at radius 1 is 1.12 bits per heavy atom. The molecule has 3 rings (SSSR count). The van der Waals surface area contributed by atoms with Crippen LogP contribution in [-0.2, 0) is 32.3 Å². The first-order chi connectivity index (χ1) is 15.3. The highest BCUT2D eigenvalue weighted by molar-refractivity contribution is 6.36. The minimum atomic E-state index is -3.13. The number of nitrogens with one attached hydrogen (secondary N) is 2. The zero-order valence-electron chi connectivity index (χ0n) is 18.1. The van der Waals surface area contributed by atoms with Crippen LogP contribution in [0.3, 0.4) is 0 Å². The Hall–Kier alpha value is -2.65. The zero-order valence-corrected chi connectivity index (χ0v) is 19.7. The molecule has 176 valence electrons. The van der Waals surface area contributed by atoms with Gasteiger partial charge in [-0.05, 0) is 38.0 Å². The van der Waals surface area contributed by atoms with Crippen molar-refractivity contribution in [2.45, 2.75) is 57.4 Å². The molecule has 3 amide bonds. The Bertz CT molecular complexity index is 1080. The Morgan fingerprint density at radius 3 is 2.21 bits per heavy atom. The first-order valence-electron chi connectivity index (χ1n) is 10.1. The summed E-state index contributed by atoms with van der Waals surface area (Å²) in [5.74, 6) is -4.97. The molecule has 7 nitrogen and oxygen atoms in total. The Balaban J connectivity index is 1.72. The van der Waals surface area contributed by atoms with Crippen molar-refractivity contribution in [1.29, 1.82) is 0 Å². The topological polar surface area (TPSA) is 101 Å². The summed E-state index contributed by atoms with van der Waals surface area (Å²) in [4.78, 5) is 44.1. The Morgan fingerprint density at radius 2 is 1.70 bits per heavy atom. The molecule has 1 saturated heterocycles. The lowest BCUT2D eigenvalue weighted by atomic mass is 9.88. The van der Waals surface area contributed by atoms with E-state index in [-0.39, 0.29) is 34.6 Å². The number of hydrogen-bond donors (Lipinski definition) is 2. The van der Waals surface area contributed by atoms with E-state index in [1.807, 2.05) is 0 Å². The van der Waals surface area contributed by atoms with Gasteiger partial charge in [0.2, 0.25) is 17.7 Å². The van der Waals surface area contributed by atoms with E-state index in [1.54, 1.807) is 26.0 Å². The van der Waals surface area contributed by atoms with Crippen molar-refractivity contribution in [2.75, 3.05) is 0 Å². The molecule has 2 aromatic rings. The van der Waals surface area contributed by atoms with Crippen molar-refractivity contribution < 1.29 is 23.2 Å². The number of amides is 3. The predicted octanol–water partition coefficient (Wildman–Crippen LogP) is 4.01. The summed E-state index contributed by atoms with van der Waals surface area (Å²) in [6, 6.07) is 3.19. The number of benzene rings is 1. The number of rotatable bonds is 6. The summed E-state index contributed by atoms with van der Waals surface area (Å²) in [7, 11) is 0. The molecule has 1 aliphatic heterocycles. The smallest absolute Gasteiger partial charge is 0.288 e. The maximum Gasteiger partial charge on any atom is 0.288 e. The average molecular weight is 499 g/mol. The van der Waals surface area contributed by atoms with Crippen LogP contribution in [0.5, 0.6) is 0 Å². The van der Waals surface area contributed by atoms with Gasteiger partial charge in [-0.3, -0.25) is 29.7 Å². The Labute approximate surface area is 199 Å². The lowest BCUT2D eigenvalue weighted by Gasteiger charge is -2.24. The largest absolute Gasteiger partial charge is 0.351 e. The second-order valence-electron chi connectivity index (χ2n) is 8.46. The molecule has 0 bridgehead atoms. The summed E-state index contributed by atoms with van der Waals surface area (Å²) >= 11 is 12.8. The molecule has 0 radical (unpaired) electrons. The van der Waals surface area contributed by atoms with Gasteiger partial charge >= 0.3 is 0 Å². The molecule has 0 saturated carbocycles. The second-order valence-corrected chi connectivity index (χ2v) is 9.27. The van der Waals surface area contributed by atoms with Crippen LogP contribution in [0, 0.1) is 0 Å². The van der Waals surface area contributed by atoms with E-state index < -0.39 is 34.8 Å². The summed E-state index contributed by atoms with van der Waals surface area (Å²) in [6.07, 6.45) is 2.61. The van der Waals surface area contributed by atoms with E-state index in [2.05, 4.69) is 20.6 Å². The van der Waals surface area contributed by atoms with Crippen molar-refractivity contribution in [1.82, 2.24) is 20.6 Å². The highest BCUT2D eigenvalue weighted by Gasteiger charge is 2.34. The molecule has 1 aromatic heterocycles. The first kappa shape index (κ1) is 25.0. The zero-order chi connectivity index (χ0) is 24.6. The number of nitrogens with zero attached hydrogens (tertiary/aromatic N) is 2. The van der Waals surface area contributed by atoms with E-state index >= 15 is 0 Å². The van der Waals surface area contributed by atoms with Crippen molar-refractivity contribution >= 4 is 40.9 Å². The first-order valence-corrected chi connectivity index (χ1v) is 10.9. The molecule has 1 aliphatic rings. The molecule has 0 spiro atoms. The third-order valence-electron chi connectivity index (χ3n) is 5.49. The van der Waals surface area contributed by atoms with Crippen LogP contribution in [0.15, 0.2) is 24.5 Å². The molecule has 2 heterocycles. The minimum absolute atomic E-state index is 0.0792. The van der Waals surface area contributed by atoms with Gasteiger partial charge in [0.05, 0.1) is 29.4 Å². The van der Waals surface area contributed by atoms with Gasteiger partial charge in [0.15, 0.2) is 0 Å². The fourth-order valence-electron chi connectivity index (χ4n) is 3.44. The lowest BCUT2D eigenvalue weighted by Crippen LogP contribution is -2.40. The van der Waals surface area contributed by atoms with Crippen LogP contribution in [0.4, 0.5) is 8.78 Å². The van der Waals surface area contributed by atoms with Crippen LogP contribution in [0.25, 0.3) is 0 Å². The standard InChI is InChI=1S/C22H22Cl2F2N4O3/c1-21(2,15-9-28-16(10-27-15)22(3,25)26)20(33)29-8-11-6-13(23)18(14(24)7-11)12-4-5-17(31)30-19(12)32/h6-7,9-10,12H,4-5,8H2,1-3H3,(H,29,33)(H,30,31,32). The average Bonchev–Trinajstić information content (AvgIpc) is 2.72. The molecular formula is C22H22Cl2F2N4O3. The van der Waals surface area contributed by atoms with Gasteiger partial charge in [0.1, 0.15) is 5.69 Å². The van der Waals surface area contributed by atoms with E-state index in [1.165, 1.54) is 0 Å². The number of hydrogen-bond acceptors (Lipinski definition) is 5. The van der Waals surface area contributed by atoms with Gasteiger partial charge in [-0.1, -0.05) is 23.2 Å². The summed E-state index contributed by atoms with van der Waals surface area (Å²) < 4.78 is 26.7. The van der Waals surface area contributed by atoms with E-state index in [0.29, 0.717) is 17.5 Å². The van der Waals surface area contributed by atoms with Gasteiger partial charge in [-0.2, -0.15) is 8.78 Å². The van der Waals surface area contributed by atoms with E-state index in [9.17, 15) is 23.2 Å². The fourth-order valence-corrected chi connectivity index (χ4v) is 4.23. The Kier molecular flexibility index (Phi) is 7.04. The molecule has 2 N–H and O–H groups in total. The van der Waals surface area contributed by atoms with Crippen LogP contribution >= 0.6 is 23.2 Å². The maximum absolute atomic E-state index is 13.4. The van der Waals surface area contributed by atoms with Crippen molar-refractivity contribution in [3.63, 3.8) is 0 Å². The monoisotopic (exact) mass is 498 g/mol. The maximum atomic E-state index is 13.4. The highest BCUT2D eigenvalue weighted by atomic mass is 35.5. The van der Waals surface area contributed by atoms with Crippen molar-refractivity contribution in [2.24, 2.45) is 0 Å². The summed E-state index contributed by atoms with van der Waals surface area (Å²) in [5, 5.41) is 5.54. The molecule has 1 aromatic carbocycles. The molecule has 0 aliphatic carbocycles. The number of halogens is 4. The molecule has 1 fully saturated rings. The third kappa shape index (κ3) is 5.47. The van der Waals surface area contributed by atoms with Crippen molar-refractivity contribution in [3.05, 3.63) is 57.1 Å². The number of alkyl halides is 2. The SMILES string of the molecule is CC(F)(F)c1cnc(C(C)(C)C(=O)NCc2cc(Cl)c(C3CCC(=O)NC3=O)c(Cl)c2)cn1. The number of carbonyl (C=O) groups excluding carboxylic acids is 3. The number of aromatic nitrogens is 2. The van der Waals surface area contributed by atoms with Crippen molar-refractivity contribution in [3.8, 4) is 0 Å². The normalized spacial score (nSPS) is 17.0. The molecule has 1 atom stereocenters. The van der Waals surface area contributed by atoms with E-state index in [0.717, 1.165) is 19.3 Å². The fraction of sp³-hybridized carbons (Fsp3) is 0.409. The minimum Gasteiger partial charge on any atom is -0.351 e. The quantitative estimate of drug-likeness (QED) is 0.585. The molecule has 1 unspecified atom stereocenters. The van der Waals surface area contributed by atoms with Gasteiger partial charge < -0.3 is 5.32 Å². The number of piperidine rings is 1. The molecular weight excluding hydrogens is 477 g/mol. The summed E-state index contributed by atoms with van der Waals surface area (Å²) in [6.45, 7) is 4.00. The highest BCUT2D eigenvalue weighted by Crippen LogP contribution is 2.37. The lowest BCUT2D eigenvalue weighted by molar-refractivity contribution is -0.134. The van der Waals surface area contributed by atoms with Gasteiger partial charge in [0, 0.05) is 35.5 Å². The van der Waals surface area contributed by atoms with Crippen LogP contribution < -0.4 is 10.6 Å². The summed E-state index contributed by atoms with van der Waals surface area (Å²) in [5.41, 5.74) is -0.367. The van der Waals surface area contributed by atoms with Crippen LogP contribution in [0.2, 0.25) is 10.0 Å². The third-order valence-corrected chi connectivity index (χ3v) is 6.11. The van der Waals surface area contributed by atoms with Crippen LogP contribution in [-0.4, -0.2) is 27.7 Å². The van der Waals surface area contributed by atoms with Gasteiger partial charge in [0.25, 0.3) is 5.92 Å². The van der Waals surface area contributed by atoms with Gasteiger partial charge in [-0.25, -0.2) is 0 Å². The predicted molar refractivity (Wildman–Crippen MR) is 118 cm³/mol. The number of carbonyl (C=O) groups is 3. The van der Waals surface area contributed by atoms with E-state index in [4.69, 9.17) is 23.2 Å². The molecule has 33 heavy (non-hydrogen) atoms.